The summed E-state index contributed by atoms with van der Waals surface area (Å²) in [6.07, 6.45) is 0. The Labute approximate surface area is 104 Å². The van der Waals surface area contributed by atoms with Gasteiger partial charge in [0.25, 0.3) is 0 Å². The SMILES string of the molecule is NCC(=O)NCC(=O)Nc1c(F)c(F)cc(F)c1F. The van der Waals surface area contributed by atoms with Crippen LogP contribution >= 0.6 is 0 Å². The third-order valence-corrected chi connectivity index (χ3v) is 2.01. The Morgan fingerprint density at radius 2 is 1.58 bits per heavy atom. The lowest BCUT2D eigenvalue weighted by Crippen LogP contribution is -2.36. The number of anilines is 1. The number of hydrogen-bond donors (Lipinski definition) is 3. The van der Waals surface area contributed by atoms with E-state index in [4.69, 9.17) is 5.73 Å². The Morgan fingerprint density at radius 1 is 1.05 bits per heavy atom. The molecule has 0 saturated carbocycles. The molecule has 5 nitrogen and oxygen atoms in total. The van der Waals surface area contributed by atoms with Gasteiger partial charge >= 0.3 is 0 Å². The molecule has 4 N–H and O–H groups in total. The number of carbonyl (C=O) groups excluding carboxylic acids is 2. The molecule has 2 amide bonds. The van der Waals surface area contributed by atoms with Crippen LogP contribution in [-0.2, 0) is 9.59 Å². The van der Waals surface area contributed by atoms with E-state index in [2.05, 4.69) is 0 Å². The van der Waals surface area contributed by atoms with Gasteiger partial charge in [-0.05, 0) is 0 Å². The Bertz CT molecular complexity index is 496. The highest BCUT2D eigenvalue weighted by atomic mass is 19.2. The quantitative estimate of drug-likeness (QED) is 0.546. The number of halogens is 4. The fourth-order valence-corrected chi connectivity index (χ4v) is 1.12. The van der Waals surface area contributed by atoms with E-state index in [-0.39, 0.29) is 12.6 Å². The summed E-state index contributed by atoms with van der Waals surface area (Å²) in [6.45, 7) is -1.03. The highest BCUT2D eigenvalue weighted by Crippen LogP contribution is 2.23. The van der Waals surface area contributed by atoms with Gasteiger partial charge in [-0.2, -0.15) is 0 Å². The number of amides is 2. The molecule has 0 aromatic heterocycles. The zero-order chi connectivity index (χ0) is 14.6. The summed E-state index contributed by atoms with van der Waals surface area (Å²) < 4.78 is 52.0. The van der Waals surface area contributed by atoms with Gasteiger partial charge in [-0.15, -0.1) is 0 Å². The second kappa shape index (κ2) is 6.14. The summed E-state index contributed by atoms with van der Waals surface area (Å²) in [5.41, 5.74) is 3.68. The summed E-state index contributed by atoms with van der Waals surface area (Å²) >= 11 is 0. The third kappa shape index (κ3) is 3.65. The molecule has 1 rings (SSSR count). The van der Waals surface area contributed by atoms with Crippen molar-refractivity contribution in [2.24, 2.45) is 5.73 Å². The summed E-state index contributed by atoms with van der Waals surface area (Å²) in [4.78, 5) is 21.9. The van der Waals surface area contributed by atoms with Crippen molar-refractivity contribution in [2.75, 3.05) is 18.4 Å². The van der Waals surface area contributed by atoms with Gasteiger partial charge < -0.3 is 16.4 Å². The van der Waals surface area contributed by atoms with E-state index in [0.717, 1.165) is 0 Å². The number of rotatable bonds is 4. The molecular weight excluding hydrogens is 270 g/mol. The van der Waals surface area contributed by atoms with Crippen molar-refractivity contribution in [3.8, 4) is 0 Å². The van der Waals surface area contributed by atoms with E-state index >= 15 is 0 Å². The standard InChI is InChI=1S/C10H9F4N3O2/c11-4-1-5(12)9(14)10(8(4)13)17-7(19)3-16-6(18)2-15/h1H,2-3,15H2,(H,16,18)(H,17,19). The van der Waals surface area contributed by atoms with Crippen LogP contribution in [0.15, 0.2) is 6.07 Å². The Kier molecular flexibility index (Phi) is 4.81. The first-order valence-corrected chi connectivity index (χ1v) is 4.96. The van der Waals surface area contributed by atoms with Crippen molar-refractivity contribution < 1.29 is 27.2 Å². The van der Waals surface area contributed by atoms with E-state index < -0.39 is 47.3 Å². The average molecular weight is 279 g/mol. The predicted octanol–water partition coefficient (Wildman–Crippen LogP) is 0.256. The van der Waals surface area contributed by atoms with E-state index in [1.807, 2.05) is 5.32 Å². The molecule has 0 unspecified atom stereocenters. The maximum absolute atomic E-state index is 13.2. The van der Waals surface area contributed by atoms with Gasteiger partial charge in [0.15, 0.2) is 23.3 Å². The monoisotopic (exact) mass is 279 g/mol. The minimum Gasteiger partial charge on any atom is -0.346 e. The van der Waals surface area contributed by atoms with Crippen LogP contribution in [0.2, 0.25) is 0 Å². The second-order valence-corrected chi connectivity index (χ2v) is 3.37. The molecule has 0 aliphatic rings. The van der Waals surface area contributed by atoms with Crippen LogP contribution in [0.25, 0.3) is 0 Å². The second-order valence-electron chi connectivity index (χ2n) is 3.37. The fraction of sp³-hybridized carbons (Fsp3) is 0.200. The van der Waals surface area contributed by atoms with E-state index in [0.29, 0.717) is 0 Å². The van der Waals surface area contributed by atoms with Crippen LogP contribution in [0, 0.1) is 23.3 Å². The molecule has 0 heterocycles. The molecule has 9 heteroatoms. The maximum atomic E-state index is 13.2. The summed E-state index contributed by atoms with van der Waals surface area (Å²) in [5.74, 6) is -8.53. The molecule has 1 aromatic rings. The first-order chi connectivity index (χ1) is 8.86. The largest absolute Gasteiger partial charge is 0.346 e. The van der Waals surface area contributed by atoms with Gasteiger partial charge in [-0.3, -0.25) is 9.59 Å². The van der Waals surface area contributed by atoms with Gasteiger partial charge in [0.05, 0.1) is 13.1 Å². The molecule has 0 aliphatic carbocycles. The lowest BCUT2D eigenvalue weighted by atomic mass is 10.2. The minimum absolute atomic E-state index is 0.0104. The number of nitrogens with one attached hydrogen (secondary N) is 2. The van der Waals surface area contributed by atoms with Gasteiger partial charge in [0.1, 0.15) is 5.69 Å². The predicted molar refractivity (Wildman–Crippen MR) is 57.0 cm³/mol. The topological polar surface area (TPSA) is 84.2 Å². The van der Waals surface area contributed by atoms with Crippen LogP contribution in [0.4, 0.5) is 23.2 Å². The van der Waals surface area contributed by atoms with Gasteiger partial charge in [-0.25, -0.2) is 17.6 Å². The first kappa shape index (κ1) is 14.9. The number of nitrogens with two attached hydrogens (primary N) is 1. The minimum atomic E-state index is -1.74. The molecule has 0 saturated heterocycles. The molecule has 0 aliphatic heterocycles. The molecule has 0 radical (unpaired) electrons. The Morgan fingerprint density at radius 3 is 2.05 bits per heavy atom. The van der Waals surface area contributed by atoms with E-state index in [1.54, 1.807) is 5.32 Å². The Balaban J connectivity index is 2.82. The first-order valence-electron chi connectivity index (χ1n) is 4.96. The smallest absolute Gasteiger partial charge is 0.243 e. The normalized spacial score (nSPS) is 10.2. The zero-order valence-corrected chi connectivity index (χ0v) is 9.40. The molecule has 0 bridgehead atoms. The Hall–Kier alpha value is -2.16. The lowest BCUT2D eigenvalue weighted by Gasteiger charge is -2.09. The van der Waals surface area contributed by atoms with Crippen molar-refractivity contribution in [2.45, 2.75) is 0 Å². The molecule has 19 heavy (non-hydrogen) atoms. The highest BCUT2D eigenvalue weighted by molar-refractivity contribution is 5.94. The van der Waals surface area contributed by atoms with Crippen molar-refractivity contribution in [3.05, 3.63) is 29.3 Å². The molecule has 0 atom stereocenters. The summed E-state index contributed by atoms with van der Waals surface area (Å²) in [5, 5.41) is 3.63. The fourth-order valence-electron chi connectivity index (χ4n) is 1.12. The highest BCUT2D eigenvalue weighted by Gasteiger charge is 2.20. The molecule has 104 valence electrons. The summed E-state index contributed by atoms with van der Waals surface area (Å²) in [6, 6.07) is 0.0104. The molecule has 1 aromatic carbocycles. The van der Waals surface area contributed by atoms with Crippen LogP contribution in [0.5, 0.6) is 0 Å². The van der Waals surface area contributed by atoms with Gasteiger partial charge in [-0.1, -0.05) is 0 Å². The van der Waals surface area contributed by atoms with E-state index in [9.17, 15) is 27.2 Å². The van der Waals surface area contributed by atoms with Crippen molar-refractivity contribution >= 4 is 17.5 Å². The van der Waals surface area contributed by atoms with Crippen LogP contribution in [0.3, 0.4) is 0 Å². The maximum Gasteiger partial charge on any atom is 0.243 e. The van der Waals surface area contributed by atoms with Gasteiger partial charge in [0, 0.05) is 6.07 Å². The van der Waals surface area contributed by atoms with Crippen molar-refractivity contribution in [3.63, 3.8) is 0 Å². The van der Waals surface area contributed by atoms with Crippen LogP contribution in [-0.4, -0.2) is 24.9 Å². The number of carbonyl (C=O) groups is 2. The number of hydrogen-bond acceptors (Lipinski definition) is 3. The van der Waals surface area contributed by atoms with Gasteiger partial charge in [0.2, 0.25) is 11.8 Å². The van der Waals surface area contributed by atoms with Crippen LogP contribution < -0.4 is 16.4 Å². The van der Waals surface area contributed by atoms with Crippen molar-refractivity contribution in [1.82, 2.24) is 5.32 Å². The third-order valence-electron chi connectivity index (χ3n) is 2.01. The molecular formula is C10H9F4N3O2. The lowest BCUT2D eigenvalue weighted by molar-refractivity contribution is -0.123. The van der Waals surface area contributed by atoms with E-state index in [1.165, 1.54) is 0 Å². The average Bonchev–Trinajstić information content (AvgIpc) is 2.38. The summed E-state index contributed by atoms with van der Waals surface area (Å²) in [7, 11) is 0. The molecule has 0 spiro atoms. The van der Waals surface area contributed by atoms with Crippen LogP contribution in [0.1, 0.15) is 0 Å². The molecule has 0 fully saturated rings. The zero-order valence-electron chi connectivity index (χ0n) is 9.40. The number of benzene rings is 1. The van der Waals surface area contributed by atoms with Crippen molar-refractivity contribution in [1.29, 1.82) is 0 Å².